The minimum Gasteiger partial charge on any atom is -0.377 e. The van der Waals surface area contributed by atoms with E-state index in [9.17, 15) is 4.79 Å². The summed E-state index contributed by atoms with van der Waals surface area (Å²) in [5.41, 5.74) is 3.23. The molecule has 4 nitrogen and oxygen atoms in total. The van der Waals surface area contributed by atoms with Crippen LogP contribution in [0.25, 0.3) is 0 Å². The summed E-state index contributed by atoms with van der Waals surface area (Å²) in [6, 6.07) is 6.05. The minimum absolute atomic E-state index is 0.0952. The number of rotatable bonds is 3. The largest absolute Gasteiger partial charge is 0.377 e. The van der Waals surface area contributed by atoms with Gasteiger partial charge in [-0.3, -0.25) is 4.79 Å². The van der Waals surface area contributed by atoms with Crippen molar-refractivity contribution >= 4 is 17.3 Å². The second-order valence-electron chi connectivity index (χ2n) is 5.43. The molecule has 19 heavy (non-hydrogen) atoms. The number of anilines is 2. The number of carbonyl (C=O) groups excluding carboxylic acids is 1. The molecule has 104 valence electrons. The molecular weight excluding hydrogens is 238 g/mol. The van der Waals surface area contributed by atoms with Gasteiger partial charge in [-0.2, -0.15) is 0 Å². The van der Waals surface area contributed by atoms with Crippen molar-refractivity contribution in [3.05, 3.63) is 23.8 Å². The smallest absolute Gasteiger partial charge is 0.228 e. The van der Waals surface area contributed by atoms with Crippen molar-refractivity contribution in [1.82, 2.24) is 5.32 Å². The van der Waals surface area contributed by atoms with Crippen LogP contribution >= 0.6 is 0 Å². The Hall–Kier alpha value is -1.55. The molecule has 2 N–H and O–H groups in total. The maximum Gasteiger partial charge on any atom is 0.228 e. The van der Waals surface area contributed by atoms with Gasteiger partial charge in [0.05, 0.1) is 5.92 Å². The molecular formula is C15H23N3O. The van der Waals surface area contributed by atoms with Crippen molar-refractivity contribution in [3.8, 4) is 0 Å². The Morgan fingerprint density at radius 3 is 2.84 bits per heavy atom. The summed E-state index contributed by atoms with van der Waals surface area (Å²) < 4.78 is 0. The molecule has 1 saturated heterocycles. The molecule has 0 spiro atoms. The van der Waals surface area contributed by atoms with Gasteiger partial charge in [0, 0.05) is 32.0 Å². The summed E-state index contributed by atoms with van der Waals surface area (Å²) in [7, 11) is 4.03. The van der Waals surface area contributed by atoms with E-state index in [0.29, 0.717) is 0 Å². The van der Waals surface area contributed by atoms with E-state index in [1.165, 1.54) is 5.56 Å². The second-order valence-corrected chi connectivity index (χ2v) is 5.43. The normalized spacial score (nSPS) is 19.0. The third-order valence-electron chi connectivity index (χ3n) is 3.63. The lowest BCUT2D eigenvalue weighted by Crippen LogP contribution is -2.37. The molecule has 0 bridgehead atoms. The van der Waals surface area contributed by atoms with E-state index in [1.54, 1.807) is 0 Å². The lowest BCUT2D eigenvalue weighted by atomic mass is 9.98. The van der Waals surface area contributed by atoms with E-state index in [4.69, 9.17) is 0 Å². The minimum atomic E-state index is 0.0952. The molecule has 1 heterocycles. The molecule has 1 fully saturated rings. The fourth-order valence-electron chi connectivity index (χ4n) is 2.49. The van der Waals surface area contributed by atoms with Crippen LogP contribution in [-0.2, 0) is 4.79 Å². The molecule has 1 aromatic rings. The van der Waals surface area contributed by atoms with Crippen molar-refractivity contribution < 1.29 is 4.79 Å². The summed E-state index contributed by atoms with van der Waals surface area (Å²) in [6.07, 6.45) is 2.06. The highest BCUT2D eigenvalue weighted by molar-refractivity contribution is 5.93. The van der Waals surface area contributed by atoms with E-state index >= 15 is 0 Å². The zero-order chi connectivity index (χ0) is 13.8. The number of nitrogens with one attached hydrogen (secondary N) is 2. The Morgan fingerprint density at radius 1 is 1.42 bits per heavy atom. The molecule has 0 aliphatic carbocycles. The first-order valence-electron chi connectivity index (χ1n) is 6.87. The highest BCUT2D eigenvalue weighted by Gasteiger charge is 2.20. The van der Waals surface area contributed by atoms with Crippen molar-refractivity contribution in [2.24, 2.45) is 5.92 Å². The van der Waals surface area contributed by atoms with Crippen LogP contribution in [-0.4, -0.2) is 33.1 Å². The second kappa shape index (κ2) is 6.06. The number of hydrogen-bond acceptors (Lipinski definition) is 3. The number of carbonyl (C=O) groups is 1. The Kier molecular flexibility index (Phi) is 4.43. The van der Waals surface area contributed by atoms with E-state index in [-0.39, 0.29) is 11.8 Å². The Morgan fingerprint density at radius 2 is 2.21 bits per heavy atom. The van der Waals surface area contributed by atoms with Crippen LogP contribution in [0.5, 0.6) is 0 Å². The van der Waals surface area contributed by atoms with Crippen LogP contribution in [0.4, 0.5) is 11.4 Å². The molecule has 1 unspecified atom stereocenters. The van der Waals surface area contributed by atoms with Crippen LogP contribution in [0.15, 0.2) is 18.2 Å². The fraction of sp³-hybridized carbons (Fsp3) is 0.533. The maximum absolute atomic E-state index is 12.2. The monoisotopic (exact) mass is 261 g/mol. The van der Waals surface area contributed by atoms with Gasteiger partial charge in [-0.05, 0) is 44.0 Å². The van der Waals surface area contributed by atoms with Gasteiger partial charge in [-0.15, -0.1) is 0 Å². The lowest BCUT2D eigenvalue weighted by molar-refractivity contribution is -0.120. The van der Waals surface area contributed by atoms with Crippen LogP contribution in [0.1, 0.15) is 18.4 Å². The number of benzene rings is 1. The fourth-order valence-corrected chi connectivity index (χ4v) is 2.49. The van der Waals surface area contributed by atoms with Gasteiger partial charge in [0.25, 0.3) is 0 Å². The molecule has 1 aliphatic rings. The molecule has 4 heteroatoms. The lowest BCUT2D eigenvalue weighted by Gasteiger charge is -2.22. The summed E-state index contributed by atoms with van der Waals surface area (Å²) in [6.45, 7) is 3.89. The maximum atomic E-state index is 12.2. The first kappa shape index (κ1) is 13.9. The van der Waals surface area contributed by atoms with E-state index < -0.39 is 0 Å². The van der Waals surface area contributed by atoms with Crippen LogP contribution in [0.3, 0.4) is 0 Å². The topological polar surface area (TPSA) is 44.4 Å². The average Bonchev–Trinajstić information content (AvgIpc) is 2.41. The van der Waals surface area contributed by atoms with Crippen molar-refractivity contribution in [1.29, 1.82) is 0 Å². The van der Waals surface area contributed by atoms with Crippen molar-refractivity contribution in [2.75, 3.05) is 37.4 Å². The van der Waals surface area contributed by atoms with Gasteiger partial charge in [0.2, 0.25) is 5.91 Å². The molecule has 1 aromatic carbocycles. The van der Waals surface area contributed by atoms with Gasteiger partial charge >= 0.3 is 0 Å². The number of hydrogen-bond donors (Lipinski definition) is 2. The van der Waals surface area contributed by atoms with Gasteiger partial charge in [-0.1, -0.05) is 6.07 Å². The zero-order valence-corrected chi connectivity index (χ0v) is 12.0. The van der Waals surface area contributed by atoms with E-state index in [0.717, 1.165) is 37.3 Å². The number of piperidine rings is 1. The summed E-state index contributed by atoms with van der Waals surface area (Å²) in [5, 5.41) is 6.30. The molecule has 0 radical (unpaired) electrons. The molecule has 0 saturated carbocycles. The predicted molar refractivity (Wildman–Crippen MR) is 79.7 cm³/mol. The number of amides is 1. The van der Waals surface area contributed by atoms with Crippen LogP contribution in [0, 0.1) is 12.8 Å². The van der Waals surface area contributed by atoms with Crippen molar-refractivity contribution in [2.45, 2.75) is 19.8 Å². The van der Waals surface area contributed by atoms with Gasteiger partial charge in [0.15, 0.2) is 0 Å². The average molecular weight is 261 g/mol. The summed E-state index contributed by atoms with van der Waals surface area (Å²) in [4.78, 5) is 14.2. The van der Waals surface area contributed by atoms with E-state index in [1.807, 2.05) is 32.3 Å². The third-order valence-corrected chi connectivity index (χ3v) is 3.63. The standard InChI is InChI=1S/C15H23N3O/c1-11-6-7-13(9-14(11)18(2)3)17-15(19)12-5-4-8-16-10-12/h6-7,9,12,16H,4-5,8,10H2,1-3H3,(H,17,19). The molecule has 1 aliphatic heterocycles. The Labute approximate surface area is 115 Å². The Bertz CT molecular complexity index is 451. The molecule has 2 rings (SSSR count). The quantitative estimate of drug-likeness (QED) is 0.874. The predicted octanol–water partition coefficient (Wildman–Crippen LogP) is 2.00. The van der Waals surface area contributed by atoms with Gasteiger partial charge in [0.1, 0.15) is 0 Å². The van der Waals surface area contributed by atoms with Crippen LogP contribution in [0.2, 0.25) is 0 Å². The first-order chi connectivity index (χ1) is 9.08. The van der Waals surface area contributed by atoms with E-state index in [2.05, 4.69) is 22.5 Å². The zero-order valence-electron chi connectivity index (χ0n) is 12.0. The summed E-state index contributed by atoms with van der Waals surface area (Å²) in [5.74, 6) is 0.221. The Balaban J connectivity index is 2.06. The van der Waals surface area contributed by atoms with Gasteiger partial charge < -0.3 is 15.5 Å². The SMILES string of the molecule is Cc1ccc(NC(=O)C2CCCNC2)cc1N(C)C. The molecule has 0 aromatic heterocycles. The van der Waals surface area contributed by atoms with Crippen molar-refractivity contribution in [3.63, 3.8) is 0 Å². The molecule has 1 amide bonds. The number of nitrogens with zero attached hydrogens (tertiary/aromatic N) is 1. The highest BCUT2D eigenvalue weighted by atomic mass is 16.1. The number of aryl methyl sites for hydroxylation is 1. The highest BCUT2D eigenvalue weighted by Crippen LogP contribution is 2.23. The first-order valence-corrected chi connectivity index (χ1v) is 6.87. The van der Waals surface area contributed by atoms with Crippen LogP contribution < -0.4 is 15.5 Å². The van der Waals surface area contributed by atoms with Gasteiger partial charge in [-0.25, -0.2) is 0 Å². The molecule has 1 atom stereocenters. The third kappa shape index (κ3) is 3.47. The summed E-state index contributed by atoms with van der Waals surface area (Å²) >= 11 is 0.